The van der Waals surface area contributed by atoms with E-state index in [1.807, 2.05) is 10.7 Å². The van der Waals surface area contributed by atoms with Crippen LogP contribution in [0.1, 0.15) is 25.3 Å². The summed E-state index contributed by atoms with van der Waals surface area (Å²) in [4.78, 5) is 0. The van der Waals surface area contributed by atoms with Crippen LogP contribution in [0.2, 0.25) is 0 Å². The molecule has 1 aromatic heterocycles. The molecular weight excluding hydrogens is 234 g/mol. The van der Waals surface area contributed by atoms with Crippen molar-refractivity contribution in [2.75, 3.05) is 5.73 Å². The SMILES string of the molecule is Cc1cccc(-c2cc(N)n(CC3CC(C)C3)n2)c1. The second kappa shape index (κ2) is 4.72. The van der Waals surface area contributed by atoms with Crippen LogP contribution in [0.4, 0.5) is 5.82 Å². The van der Waals surface area contributed by atoms with Gasteiger partial charge in [-0.3, -0.25) is 0 Å². The fraction of sp³-hybridized carbons (Fsp3) is 0.438. The van der Waals surface area contributed by atoms with Crippen molar-refractivity contribution in [1.29, 1.82) is 0 Å². The second-order valence-corrected chi connectivity index (χ2v) is 5.95. The largest absolute Gasteiger partial charge is 0.384 e. The van der Waals surface area contributed by atoms with Gasteiger partial charge >= 0.3 is 0 Å². The first-order chi connectivity index (χ1) is 9.11. The van der Waals surface area contributed by atoms with E-state index in [0.717, 1.165) is 35.5 Å². The van der Waals surface area contributed by atoms with Gasteiger partial charge in [-0.1, -0.05) is 30.7 Å². The van der Waals surface area contributed by atoms with Crippen LogP contribution in [-0.4, -0.2) is 9.78 Å². The Labute approximate surface area is 114 Å². The molecule has 3 heteroatoms. The molecule has 0 atom stereocenters. The van der Waals surface area contributed by atoms with E-state index < -0.39 is 0 Å². The van der Waals surface area contributed by atoms with Gasteiger partial charge in [0.2, 0.25) is 0 Å². The van der Waals surface area contributed by atoms with Crippen molar-refractivity contribution in [2.24, 2.45) is 11.8 Å². The van der Waals surface area contributed by atoms with E-state index in [0.29, 0.717) is 0 Å². The van der Waals surface area contributed by atoms with Crippen LogP contribution in [0.15, 0.2) is 30.3 Å². The standard InChI is InChI=1S/C16H21N3/c1-11-4-3-5-14(8-11)15-9-16(17)19(18-15)10-13-6-12(2)7-13/h3-5,8-9,12-13H,6-7,10,17H2,1-2H3. The van der Waals surface area contributed by atoms with Crippen LogP contribution in [0, 0.1) is 18.8 Å². The molecule has 1 fully saturated rings. The molecule has 3 rings (SSSR count). The predicted molar refractivity (Wildman–Crippen MR) is 78.7 cm³/mol. The van der Waals surface area contributed by atoms with E-state index in [9.17, 15) is 0 Å². The molecule has 1 aliphatic rings. The highest BCUT2D eigenvalue weighted by atomic mass is 15.3. The summed E-state index contributed by atoms with van der Waals surface area (Å²) in [6, 6.07) is 10.4. The van der Waals surface area contributed by atoms with Gasteiger partial charge < -0.3 is 5.73 Å². The van der Waals surface area contributed by atoms with Gasteiger partial charge in [-0.05, 0) is 37.7 Å². The lowest BCUT2D eigenvalue weighted by atomic mass is 9.76. The Balaban J connectivity index is 1.81. The van der Waals surface area contributed by atoms with Crippen LogP contribution in [0.3, 0.4) is 0 Å². The van der Waals surface area contributed by atoms with Crippen molar-refractivity contribution in [3.05, 3.63) is 35.9 Å². The Bertz CT molecular complexity index is 579. The molecule has 2 aromatic rings. The van der Waals surface area contributed by atoms with Crippen LogP contribution in [0.25, 0.3) is 11.3 Å². The van der Waals surface area contributed by atoms with Crippen LogP contribution in [0.5, 0.6) is 0 Å². The fourth-order valence-electron chi connectivity index (χ4n) is 2.99. The van der Waals surface area contributed by atoms with Gasteiger partial charge in [-0.25, -0.2) is 4.68 Å². The Morgan fingerprint density at radius 2 is 2.11 bits per heavy atom. The normalized spacial score (nSPS) is 22.2. The molecule has 0 radical (unpaired) electrons. The average molecular weight is 255 g/mol. The Kier molecular flexibility index (Phi) is 3.05. The zero-order valence-corrected chi connectivity index (χ0v) is 11.6. The topological polar surface area (TPSA) is 43.8 Å². The molecule has 19 heavy (non-hydrogen) atoms. The summed E-state index contributed by atoms with van der Waals surface area (Å²) in [5, 5.41) is 4.66. The number of anilines is 1. The first-order valence-electron chi connectivity index (χ1n) is 7.02. The summed E-state index contributed by atoms with van der Waals surface area (Å²) in [6.45, 7) is 5.36. The van der Waals surface area contributed by atoms with Crippen molar-refractivity contribution < 1.29 is 0 Å². The van der Waals surface area contributed by atoms with E-state index in [-0.39, 0.29) is 0 Å². The number of rotatable bonds is 3. The summed E-state index contributed by atoms with van der Waals surface area (Å²) < 4.78 is 1.97. The Morgan fingerprint density at radius 3 is 2.79 bits per heavy atom. The lowest BCUT2D eigenvalue weighted by Gasteiger charge is -2.32. The summed E-state index contributed by atoms with van der Waals surface area (Å²) in [5.41, 5.74) is 9.45. The fourth-order valence-corrected chi connectivity index (χ4v) is 2.99. The van der Waals surface area contributed by atoms with Gasteiger partial charge in [0, 0.05) is 18.2 Å². The first-order valence-corrected chi connectivity index (χ1v) is 7.02. The lowest BCUT2D eigenvalue weighted by Crippen LogP contribution is -2.26. The molecule has 1 saturated carbocycles. The van der Waals surface area contributed by atoms with Gasteiger partial charge in [0.25, 0.3) is 0 Å². The first kappa shape index (κ1) is 12.3. The number of hydrogen-bond donors (Lipinski definition) is 1. The molecule has 3 nitrogen and oxygen atoms in total. The van der Waals surface area contributed by atoms with Crippen molar-refractivity contribution in [2.45, 2.75) is 33.2 Å². The van der Waals surface area contributed by atoms with E-state index in [1.165, 1.54) is 18.4 Å². The maximum atomic E-state index is 6.08. The van der Waals surface area contributed by atoms with E-state index >= 15 is 0 Å². The summed E-state index contributed by atoms with van der Waals surface area (Å²) in [5.74, 6) is 2.40. The highest BCUT2D eigenvalue weighted by molar-refractivity contribution is 5.63. The molecule has 0 aliphatic heterocycles. The summed E-state index contributed by atoms with van der Waals surface area (Å²) in [7, 11) is 0. The smallest absolute Gasteiger partial charge is 0.122 e. The van der Waals surface area contributed by atoms with E-state index in [4.69, 9.17) is 5.73 Å². The van der Waals surface area contributed by atoms with E-state index in [1.54, 1.807) is 0 Å². The second-order valence-electron chi connectivity index (χ2n) is 5.95. The number of nitrogens with two attached hydrogens (primary N) is 1. The molecule has 1 aliphatic carbocycles. The maximum absolute atomic E-state index is 6.08. The number of nitrogen functional groups attached to an aromatic ring is 1. The molecular formula is C16H21N3. The minimum absolute atomic E-state index is 0.752. The zero-order valence-electron chi connectivity index (χ0n) is 11.6. The molecule has 0 saturated heterocycles. The maximum Gasteiger partial charge on any atom is 0.122 e. The average Bonchev–Trinajstić information content (AvgIpc) is 2.69. The van der Waals surface area contributed by atoms with Crippen molar-refractivity contribution in [3.8, 4) is 11.3 Å². The van der Waals surface area contributed by atoms with E-state index in [2.05, 4.69) is 43.2 Å². The minimum atomic E-state index is 0.752. The molecule has 1 aromatic carbocycles. The van der Waals surface area contributed by atoms with Gasteiger partial charge in [0.05, 0.1) is 5.69 Å². The summed E-state index contributed by atoms with van der Waals surface area (Å²) in [6.07, 6.45) is 2.61. The monoisotopic (exact) mass is 255 g/mol. The van der Waals surface area contributed by atoms with Crippen molar-refractivity contribution in [1.82, 2.24) is 9.78 Å². The molecule has 1 heterocycles. The summed E-state index contributed by atoms with van der Waals surface area (Å²) >= 11 is 0. The van der Waals surface area contributed by atoms with Gasteiger partial charge in [0.1, 0.15) is 5.82 Å². The predicted octanol–water partition coefficient (Wildman–Crippen LogP) is 3.49. The number of aryl methyl sites for hydroxylation is 1. The molecule has 2 N–H and O–H groups in total. The highest BCUT2D eigenvalue weighted by Gasteiger charge is 2.26. The Morgan fingerprint density at radius 1 is 1.32 bits per heavy atom. The van der Waals surface area contributed by atoms with Gasteiger partial charge in [-0.15, -0.1) is 0 Å². The molecule has 0 spiro atoms. The van der Waals surface area contributed by atoms with Crippen molar-refractivity contribution in [3.63, 3.8) is 0 Å². The minimum Gasteiger partial charge on any atom is -0.384 e. The van der Waals surface area contributed by atoms with Crippen LogP contribution in [-0.2, 0) is 6.54 Å². The third kappa shape index (κ3) is 2.50. The highest BCUT2D eigenvalue weighted by Crippen LogP contribution is 2.34. The number of aromatic nitrogens is 2. The molecule has 100 valence electrons. The third-order valence-corrected chi connectivity index (χ3v) is 4.03. The van der Waals surface area contributed by atoms with Gasteiger partial charge in [-0.2, -0.15) is 5.10 Å². The van der Waals surface area contributed by atoms with Crippen LogP contribution < -0.4 is 5.73 Å². The van der Waals surface area contributed by atoms with Crippen molar-refractivity contribution >= 4 is 5.82 Å². The lowest BCUT2D eigenvalue weighted by molar-refractivity contribution is 0.183. The number of nitrogens with zero attached hydrogens (tertiary/aromatic N) is 2. The van der Waals surface area contributed by atoms with Gasteiger partial charge in [0.15, 0.2) is 0 Å². The Hall–Kier alpha value is -1.77. The quantitative estimate of drug-likeness (QED) is 0.912. The molecule has 0 bridgehead atoms. The molecule has 0 amide bonds. The number of benzene rings is 1. The molecule has 0 unspecified atom stereocenters. The van der Waals surface area contributed by atoms with Crippen LogP contribution >= 0.6 is 0 Å². The third-order valence-electron chi connectivity index (χ3n) is 4.03. The zero-order chi connectivity index (χ0) is 13.4. The number of hydrogen-bond acceptors (Lipinski definition) is 2.